The lowest BCUT2D eigenvalue weighted by molar-refractivity contribution is 0.163. The Morgan fingerprint density at radius 3 is 2.06 bits per heavy atom. The number of sulfone groups is 1. The highest BCUT2D eigenvalue weighted by Crippen LogP contribution is 2.14. The maximum Gasteiger partial charge on any atom is 0.178 e. The highest BCUT2D eigenvalue weighted by molar-refractivity contribution is 7.91. The van der Waals surface area contributed by atoms with Gasteiger partial charge in [-0.15, -0.1) is 0 Å². The molecule has 5 heteroatoms. The van der Waals surface area contributed by atoms with Crippen LogP contribution in [0, 0.1) is 12.8 Å². The molecule has 0 fully saturated rings. The van der Waals surface area contributed by atoms with Crippen molar-refractivity contribution in [3.8, 4) is 0 Å². The fourth-order valence-electron chi connectivity index (χ4n) is 1.32. The second kappa shape index (κ2) is 5.43. The Bertz CT molecular complexity index is 418. The van der Waals surface area contributed by atoms with Crippen LogP contribution in [-0.2, 0) is 9.84 Å². The van der Waals surface area contributed by atoms with Gasteiger partial charge in [0.1, 0.15) is 0 Å². The standard InChI is InChI=1S/C11H16O4S/c1-9-2-4-11(5-3-9)16(14,15)8-10(6-12)7-13/h2-5,10,12-13H,6-8H2,1H3. The molecule has 16 heavy (non-hydrogen) atoms. The molecule has 0 unspecified atom stereocenters. The van der Waals surface area contributed by atoms with E-state index >= 15 is 0 Å². The summed E-state index contributed by atoms with van der Waals surface area (Å²) < 4.78 is 23.7. The quantitative estimate of drug-likeness (QED) is 0.784. The van der Waals surface area contributed by atoms with Gasteiger partial charge in [-0.1, -0.05) is 17.7 Å². The summed E-state index contributed by atoms with van der Waals surface area (Å²) >= 11 is 0. The van der Waals surface area contributed by atoms with Gasteiger partial charge in [0, 0.05) is 19.1 Å². The molecule has 0 aliphatic carbocycles. The first-order chi connectivity index (χ1) is 7.49. The molecule has 0 atom stereocenters. The van der Waals surface area contributed by atoms with E-state index in [2.05, 4.69) is 0 Å². The van der Waals surface area contributed by atoms with E-state index < -0.39 is 15.8 Å². The highest BCUT2D eigenvalue weighted by Gasteiger charge is 2.20. The van der Waals surface area contributed by atoms with E-state index in [0.717, 1.165) is 5.56 Å². The molecule has 0 saturated carbocycles. The Hall–Kier alpha value is -0.910. The molecule has 0 aromatic heterocycles. The van der Waals surface area contributed by atoms with Crippen molar-refractivity contribution in [2.45, 2.75) is 11.8 Å². The normalized spacial score (nSPS) is 12.0. The first kappa shape index (κ1) is 13.2. The molecule has 0 saturated heterocycles. The number of hydrogen-bond acceptors (Lipinski definition) is 4. The summed E-state index contributed by atoms with van der Waals surface area (Å²) in [5.41, 5.74) is 0.986. The lowest BCUT2D eigenvalue weighted by Crippen LogP contribution is -2.22. The van der Waals surface area contributed by atoms with Gasteiger partial charge in [0.25, 0.3) is 0 Å². The van der Waals surface area contributed by atoms with Crippen molar-refractivity contribution >= 4 is 9.84 Å². The van der Waals surface area contributed by atoms with Gasteiger partial charge in [0.15, 0.2) is 9.84 Å². The molecule has 0 radical (unpaired) electrons. The fourth-order valence-corrected chi connectivity index (χ4v) is 2.89. The van der Waals surface area contributed by atoms with Gasteiger partial charge in [-0.3, -0.25) is 0 Å². The predicted octanol–water partition coefficient (Wildman–Crippen LogP) is 0.370. The molecule has 0 amide bonds. The Morgan fingerprint density at radius 2 is 1.62 bits per heavy atom. The molecule has 1 aromatic rings. The van der Waals surface area contributed by atoms with Crippen molar-refractivity contribution in [2.75, 3.05) is 19.0 Å². The maximum atomic E-state index is 11.8. The molecule has 2 N–H and O–H groups in total. The largest absolute Gasteiger partial charge is 0.396 e. The number of aliphatic hydroxyl groups excluding tert-OH is 2. The lowest BCUT2D eigenvalue weighted by atomic mass is 10.2. The van der Waals surface area contributed by atoms with E-state index in [1.807, 2.05) is 6.92 Å². The molecule has 1 aromatic carbocycles. The molecule has 90 valence electrons. The van der Waals surface area contributed by atoms with Gasteiger partial charge < -0.3 is 10.2 Å². The smallest absolute Gasteiger partial charge is 0.178 e. The summed E-state index contributed by atoms with van der Waals surface area (Å²) in [4.78, 5) is 0.227. The third-order valence-corrected chi connectivity index (χ3v) is 4.25. The van der Waals surface area contributed by atoms with Gasteiger partial charge in [0.2, 0.25) is 0 Å². The minimum atomic E-state index is -3.42. The molecule has 0 spiro atoms. The lowest BCUT2D eigenvalue weighted by Gasteiger charge is -2.11. The second-order valence-electron chi connectivity index (χ2n) is 3.83. The van der Waals surface area contributed by atoms with Gasteiger partial charge in [-0.25, -0.2) is 8.42 Å². The number of aryl methyl sites for hydroxylation is 1. The molecule has 1 rings (SSSR count). The zero-order valence-electron chi connectivity index (χ0n) is 9.13. The fraction of sp³-hybridized carbons (Fsp3) is 0.455. The SMILES string of the molecule is Cc1ccc(S(=O)(=O)CC(CO)CO)cc1. The van der Waals surface area contributed by atoms with Crippen LogP contribution in [0.25, 0.3) is 0 Å². The first-order valence-corrected chi connectivity index (χ1v) is 6.66. The van der Waals surface area contributed by atoms with Crippen LogP contribution >= 0.6 is 0 Å². The summed E-state index contributed by atoms with van der Waals surface area (Å²) in [7, 11) is -3.42. The number of rotatable bonds is 5. The van der Waals surface area contributed by atoms with Gasteiger partial charge >= 0.3 is 0 Å². The minimum Gasteiger partial charge on any atom is -0.396 e. The molecule has 4 nitrogen and oxygen atoms in total. The minimum absolute atomic E-state index is 0.227. The summed E-state index contributed by atoms with van der Waals surface area (Å²) in [5.74, 6) is -0.852. The predicted molar refractivity (Wildman–Crippen MR) is 60.9 cm³/mol. The molecular weight excluding hydrogens is 228 g/mol. The molecule has 0 aliphatic rings. The number of aliphatic hydroxyl groups is 2. The van der Waals surface area contributed by atoms with E-state index in [4.69, 9.17) is 10.2 Å². The van der Waals surface area contributed by atoms with E-state index in [1.54, 1.807) is 12.1 Å². The van der Waals surface area contributed by atoms with Gasteiger partial charge in [-0.2, -0.15) is 0 Å². The van der Waals surface area contributed by atoms with Crippen molar-refractivity contribution < 1.29 is 18.6 Å². The highest BCUT2D eigenvalue weighted by atomic mass is 32.2. The van der Waals surface area contributed by atoms with Crippen molar-refractivity contribution in [3.63, 3.8) is 0 Å². The van der Waals surface area contributed by atoms with E-state index in [-0.39, 0.29) is 23.9 Å². The third-order valence-electron chi connectivity index (χ3n) is 2.35. The molecule has 0 bridgehead atoms. The third kappa shape index (κ3) is 3.30. The average Bonchev–Trinajstić information content (AvgIpc) is 2.26. The van der Waals surface area contributed by atoms with E-state index in [1.165, 1.54) is 12.1 Å². The van der Waals surface area contributed by atoms with E-state index in [0.29, 0.717) is 0 Å². The van der Waals surface area contributed by atoms with E-state index in [9.17, 15) is 8.42 Å². The summed E-state index contributed by atoms with van der Waals surface area (Å²) in [6, 6.07) is 6.52. The van der Waals surface area contributed by atoms with Crippen molar-refractivity contribution in [1.29, 1.82) is 0 Å². The summed E-state index contributed by atoms with van der Waals surface area (Å²) in [5, 5.41) is 17.7. The van der Waals surface area contributed by atoms with Crippen LogP contribution in [0.5, 0.6) is 0 Å². The molecular formula is C11H16O4S. The maximum absolute atomic E-state index is 11.8. The van der Waals surface area contributed by atoms with Gasteiger partial charge in [-0.05, 0) is 19.1 Å². The Balaban J connectivity index is 2.89. The van der Waals surface area contributed by atoms with Crippen LogP contribution in [0.2, 0.25) is 0 Å². The van der Waals surface area contributed by atoms with Crippen LogP contribution in [0.15, 0.2) is 29.2 Å². The summed E-state index contributed by atoms with van der Waals surface area (Å²) in [6.07, 6.45) is 0. The average molecular weight is 244 g/mol. The Morgan fingerprint density at radius 1 is 1.12 bits per heavy atom. The number of hydrogen-bond donors (Lipinski definition) is 2. The zero-order valence-corrected chi connectivity index (χ0v) is 9.94. The number of benzene rings is 1. The molecule has 0 heterocycles. The zero-order chi connectivity index (χ0) is 12.2. The Kier molecular flexibility index (Phi) is 4.46. The van der Waals surface area contributed by atoms with Crippen LogP contribution in [0.1, 0.15) is 5.56 Å². The van der Waals surface area contributed by atoms with Crippen LogP contribution in [-0.4, -0.2) is 37.6 Å². The van der Waals surface area contributed by atoms with Crippen molar-refractivity contribution in [3.05, 3.63) is 29.8 Å². The van der Waals surface area contributed by atoms with Crippen molar-refractivity contribution in [1.82, 2.24) is 0 Å². The van der Waals surface area contributed by atoms with Gasteiger partial charge in [0.05, 0.1) is 10.6 Å². The second-order valence-corrected chi connectivity index (χ2v) is 5.86. The monoisotopic (exact) mass is 244 g/mol. The van der Waals surface area contributed by atoms with Crippen LogP contribution in [0.3, 0.4) is 0 Å². The Labute approximate surface area is 95.5 Å². The molecule has 0 aliphatic heterocycles. The topological polar surface area (TPSA) is 74.6 Å². The first-order valence-electron chi connectivity index (χ1n) is 5.00. The van der Waals surface area contributed by atoms with Crippen molar-refractivity contribution in [2.24, 2.45) is 5.92 Å². The van der Waals surface area contributed by atoms with Crippen LogP contribution in [0.4, 0.5) is 0 Å². The summed E-state index contributed by atoms with van der Waals surface area (Å²) in [6.45, 7) is 1.21. The van der Waals surface area contributed by atoms with Crippen LogP contribution < -0.4 is 0 Å².